The van der Waals surface area contributed by atoms with Crippen LogP contribution in [0.5, 0.6) is 23.0 Å². The maximum Gasteiger partial charge on any atom is 0.233 e. The predicted molar refractivity (Wildman–Crippen MR) is 248 cm³/mol. The van der Waals surface area contributed by atoms with E-state index in [0.717, 1.165) is 66.6 Å². The quantitative estimate of drug-likeness (QED) is 0.0623. The zero-order valence-electron chi connectivity index (χ0n) is 34.7. The van der Waals surface area contributed by atoms with Gasteiger partial charge in [-0.3, -0.25) is 9.59 Å². The number of anilines is 2. The number of aromatic nitrogens is 2. The number of ketones is 2. The van der Waals surface area contributed by atoms with E-state index in [0.29, 0.717) is 34.0 Å². The van der Waals surface area contributed by atoms with Crippen molar-refractivity contribution < 1.29 is 28.5 Å². The molecule has 4 N–H and O–H groups in total. The third-order valence-electron chi connectivity index (χ3n) is 10.1. The van der Waals surface area contributed by atoms with E-state index in [1.54, 1.807) is 77.0 Å². The second kappa shape index (κ2) is 19.2. The first-order valence-electron chi connectivity index (χ1n) is 19.6. The lowest BCUT2D eigenvalue weighted by Gasteiger charge is -2.12. The van der Waals surface area contributed by atoms with Gasteiger partial charge in [-0.25, -0.2) is 9.97 Å². The minimum Gasteiger partial charge on any atom is -0.497 e. The van der Waals surface area contributed by atoms with E-state index in [4.69, 9.17) is 40.4 Å². The Kier molecular flexibility index (Phi) is 13.0. The standard InChI is InChI=1S/C26H20N2O2.C16H14O4.C10H10N2/c1-29-21-11-7-17(8-12-21)25-26(18-9-13-22(30-2)14-10-18)28-24-16-20-6-4-3-5-19(20)15-23(24)27-25;1-19-13-7-3-11(4-8-13)15(17)16(18)12-5-9-14(20-2)10-6-12;11-9-5-7-3-1-2-4-8(7)6-10(9)12/h3-16H,1-2H3;3-10H,1-2H3;1-6H,11-12H2. The topological polar surface area (TPSA) is 149 Å². The summed E-state index contributed by atoms with van der Waals surface area (Å²) >= 11 is 0. The number of hydrogen-bond acceptors (Lipinski definition) is 10. The van der Waals surface area contributed by atoms with E-state index >= 15 is 0 Å². The van der Waals surface area contributed by atoms with Crippen LogP contribution in [0.4, 0.5) is 11.4 Å². The molecule has 0 saturated heterocycles. The molecular formula is C52H44N4O6. The van der Waals surface area contributed by atoms with Gasteiger partial charge in [0.05, 0.1) is 62.2 Å². The van der Waals surface area contributed by atoms with Crippen molar-refractivity contribution in [1.82, 2.24) is 9.97 Å². The van der Waals surface area contributed by atoms with Crippen LogP contribution in [-0.4, -0.2) is 50.0 Å². The fourth-order valence-electron chi connectivity index (χ4n) is 6.66. The van der Waals surface area contributed by atoms with Gasteiger partial charge in [0.2, 0.25) is 11.6 Å². The molecule has 0 fully saturated rings. The van der Waals surface area contributed by atoms with Gasteiger partial charge in [-0.2, -0.15) is 0 Å². The first-order chi connectivity index (χ1) is 30.2. The van der Waals surface area contributed by atoms with E-state index in [1.165, 1.54) is 0 Å². The van der Waals surface area contributed by atoms with Gasteiger partial charge >= 0.3 is 0 Å². The second-order valence-electron chi connectivity index (χ2n) is 14.0. The van der Waals surface area contributed by atoms with Gasteiger partial charge in [0.25, 0.3) is 0 Å². The Morgan fingerprint density at radius 3 is 0.952 bits per heavy atom. The Hall–Kier alpha value is -8.24. The van der Waals surface area contributed by atoms with Crippen LogP contribution in [-0.2, 0) is 0 Å². The molecule has 0 aliphatic carbocycles. The van der Waals surface area contributed by atoms with Crippen molar-refractivity contribution in [1.29, 1.82) is 0 Å². The summed E-state index contributed by atoms with van der Waals surface area (Å²) in [4.78, 5) is 34.2. The summed E-state index contributed by atoms with van der Waals surface area (Å²) in [6.07, 6.45) is 0. The summed E-state index contributed by atoms with van der Waals surface area (Å²) in [6, 6.07) is 53.0. The summed E-state index contributed by atoms with van der Waals surface area (Å²) < 4.78 is 20.6. The molecule has 0 radical (unpaired) electrons. The van der Waals surface area contributed by atoms with Gasteiger partial charge in [-0.1, -0.05) is 48.5 Å². The van der Waals surface area contributed by atoms with Gasteiger partial charge in [0.1, 0.15) is 23.0 Å². The molecule has 1 aromatic heterocycles. The van der Waals surface area contributed by atoms with Gasteiger partial charge in [0, 0.05) is 22.3 Å². The number of benzene rings is 8. The molecule has 0 saturated carbocycles. The number of carbonyl (C=O) groups excluding carboxylic acids is 2. The molecule has 0 aliphatic rings. The summed E-state index contributed by atoms with van der Waals surface area (Å²) in [5.41, 5.74) is 18.7. The maximum atomic E-state index is 12.1. The molecule has 9 aromatic rings. The second-order valence-corrected chi connectivity index (χ2v) is 14.0. The fraction of sp³-hybridized carbons (Fsp3) is 0.0769. The zero-order valence-corrected chi connectivity index (χ0v) is 34.7. The SMILES string of the molecule is COc1ccc(-c2nc3cc4ccccc4cc3nc2-c2ccc(OC)cc2)cc1.COc1ccc(C(=O)C(=O)c2ccc(OC)cc2)cc1.Nc1cc2ccccc2cc1N. The van der Waals surface area contributed by atoms with Crippen molar-refractivity contribution in [2.45, 2.75) is 0 Å². The van der Waals surface area contributed by atoms with Crippen LogP contribution in [0.3, 0.4) is 0 Å². The van der Waals surface area contributed by atoms with Gasteiger partial charge < -0.3 is 30.4 Å². The van der Waals surface area contributed by atoms with Crippen molar-refractivity contribution in [2.75, 3.05) is 39.9 Å². The van der Waals surface area contributed by atoms with Crippen LogP contribution < -0.4 is 30.4 Å². The molecule has 62 heavy (non-hydrogen) atoms. The predicted octanol–water partition coefficient (Wildman–Crippen LogP) is 10.9. The number of nitrogens with zero attached hydrogens (tertiary/aromatic N) is 2. The normalized spacial score (nSPS) is 10.5. The minimum atomic E-state index is -0.544. The molecule has 0 bridgehead atoms. The first-order valence-corrected chi connectivity index (χ1v) is 19.6. The molecule has 0 atom stereocenters. The third-order valence-corrected chi connectivity index (χ3v) is 10.1. The van der Waals surface area contributed by atoms with E-state index in [2.05, 4.69) is 24.3 Å². The number of nitrogens with two attached hydrogens (primary N) is 2. The summed E-state index contributed by atoms with van der Waals surface area (Å²) in [7, 11) is 6.41. The van der Waals surface area contributed by atoms with Crippen LogP contribution in [0.1, 0.15) is 20.7 Å². The number of hydrogen-bond donors (Lipinski definition) is 2. The number of ether oxygens (including phenoxy) is 4. The molecule has 8 aromatic carbocycles. The lowest BCUT2D eigenvalue weighted by atomic mass is 10.0. The lowest BCUT2D eigenvalue weighted by molar-refractivity contribution is 0.0817. The summed E-state index contributed by atoms with van der Waals surface area (Å²) in [6.45, 7) is 0. The molecule has 0 unspecified atom stereocenters. The molecule has 0 amide bonds. The lowest BCUT2D eigenvalue weighted by Crippen LogP contribution is -2.14. The molecule has 308 valence electrons. The highest BCUT2D eigenvalue weighted by atomic mass is 16.5. The molecule has 1 heterocycles. The number of carbonyl (C=O) groups is 2. The largest absolute Gasteiger partial charge is 0.497 e. The monoisotopic (exact) mass is 820 g/mol. The minimum absolute atomic E-state index is 0.339. The summed E-state index contributed by atoms with van der Waals surface area (Å²) in [5.74, 6) is 1.81. The summed E-state index contributed by atoms with van der Waals surface area (Å²) in [5, 5.41) is 4.56. The Morgan fingerprint density at radius 1 is 0.387 bits per heavy atom. The molecule has 9 rings (SSSR count). The number of nitrogen functional groups attached to an aromatic ring is 2. The van der Waals surface area contributed by atoms with Crippen LogP contribution in [0.15, 0.2) is 170 Å². The molecular weight excluding hydrogens is 777 g/mol. The van der Waals surface area contributed by atoms with Crippen LogP contribution >= 0.6 is 0 Å². The van der Waals surface area contributed by atoms with Crippen molar-refractivity contribution in [3.8, 4) is 45.5 Å². The Morgan fingerprint density at radius 2 is 0.661 bits per heavy atom. The molecule has 0 spiro atoms. The van der Waals surface area contributed by atoms with Crippen molar-refractivity contribution >= 4 is 55.5 Å². The van der Waals surface area contributed by atoms with Crippen LogP contribution in [0.25, 0.3) is 55.1 Å². The first kappa shape index (κ1) is 41.9. The van der Waals surface area contributed by atoms with Crippen molar-refractivity contribution in [2.24, 2.45) is 0 Å². The highest BCUT2D eigenvalue weighted by Gasteiger charge is 2.18. The zero-order chi connectivity index (χ0) is 43.6. The number of Topliss-reactive ketones (excluding diaryl/α,β-unsaturated/α-hetero) is 2. The van der Waals surface area contributed by atoms with E-state index in [1.807, 2.05) is 97.1 Å². The fourth-order valence-corrected chi connectivity index (χ4v) is 6.66. The Labute approximate surface area is 359 Å². The highest BCUT2D eigenvalue weighted by molar-refractivity contribution is 6.49. The average Bonchev–Trinajstić information content (AvgIpc) is 3.33. The van der Waals surface area contributed by atoms with E-state index in [9.17, 15) is 9.59 Å². The van der Waals surface area contributed by atoms with Gasteiger partial charge in [0.15, 0.2) is 0 Å². The molecule has 0 aliphatic heterocycles. The van der Waals surface area contributed by atoms with Gasteiger partial charge in [-0.15, -0.1) is 0 Å². The third kappa shape index (κ3) is 9.62. The highest BCUT2D eigenvalue weighted by Crippen LogP contribution is 2.34. The maximum absolute atomic E-state index is 12.1. The van der Waals surface area contributed by atoms with Gasteiger partial charge in [-0.05, 0) is 143 Å². The number of fused-ring (bicyclic) bond motifs is 3. The van der Waals surface area contributed by atoms with E-state index in [-0.39, 0.29) is 0 Å². The molecule has 10 nitrogen and oxygen atoms in total. The van der Waals surface area contributed by atoms with Crippen LogP contribution in [0, 0.1) is 0 Å². The average molecular weight is 821 g/mol. The Balaban J connectivity index is 0.000000155. The van der Waals surface area contributed by atoms with Crippen LogP contribution in [0.2, 0.25) is 0 Å². The molecule has 10 heteroatoms. The smallest absolute Gasteiger partial charge is 0.233 e. The Bertz CT molecular complexity index is 2790. The van der Waals surface area contributed by atoms with E-state index < -0.39 is 11.6 Å². The number of methoxy groups -OCH3 is 4. The van der Waals surface area contributed by atoms with Crippen molar-refractivity contribution in [3.05, 3.63) is 181 Å². The van der Waals surface area contributed by atoms with Crippen molar-refractivity contribution in [3.63, 3.8) is 0 Å². The number of rotatable bonds is 9.